The van der Waals surface area contributed by atoms with Crippen LogP contribution in [0.2, 0.25) is 0 Å². The topological polar surface area (TPSA) is 115 Å². The predicted molar refractivity (Wildman–Crippen MR) is 55.8 cm³/mol. The molecule has 84 valence electrons. The highest BCUT2D eigenvalue weighted by molar-refractivity contribution is 6.02. The van der Waals surface area contributed by atoms with Gasteiger partial charge in [-0.05, 0) is 18.6 Å². The van der Waals surface area contributed by atoms with Gasteiger partial charge in [0.15, 0.2) is 0 Å². The van der Waals surface area contributed by atoms with E-state index in [4.69, 9.17) is 5.73 Å². The average Bonchev–Trinajstić information content (AvgIpc) is 2.20. The molecule has 2 amide bonds. The molecular formula is C9H9N3O4. The summed E-state index contributed by atoms with van der Waals surface area (Å²) < 4.78 is 0. The van der Waals surface area contributed by atoms with Crippen LogP contribution in [-0.2, 0) is 4.79 Å². The van der Waals surface area contributed by atoms with Gasteiger partial charge in [-0.1, -0.05) is 0 Å². The third-order valence-corrected chi connectivity index (χ3v) is 2.01. The number of hydrogen-bond donors (Lipinski definition) is 2. The molecule has 0 saturated carbocycles. The fourth-order valence-electron chi connectivity index (χ4n) is 1.24. The summed E-state index contributed by atoms with van der Waals surface area (Å²) in [6.07, 6.45) is 0.235. The molecule has 0 unspecified atom stereocenters. The van der Waals surface area contributed by atoms with Crippen molar-refractivity contribution in [2.45, 2.75) is 6.92 Å². The monoisotopic (exact) mass is 223 g/mol. The maximum absolute atomic E-state index is 11.3. The predicted octanol–water partition coefficient (Wildman–Crippen LogP) is 0.372. The number of carbonyl (C=O) groups is 2. The minimum atomic E-state index is -0.644. The number of anilines is 1. The van der Waals surface area contributed by atoms with E-state index in [1.54, 1.807) is 0 Å². The Kier molecular flexibility index (Phi) is 3.19. The van der Waals surface area contributed by atoms with Crippen LogP contribution in [0, 0.1) is 17.0 Å². The third kappa shape index (κ3) is 2.14. The summed E-state index contributed by atoms with van der Waals surface area (Å²) in [4.78, 5) is 31.3. The Morgan fingerprint density at radius 1 is 1.56 bits per heavy atom. The molecule has 1 aromatic carbocycles. The van der Waals surface area contributed by atoms with E-state index in [0.29, 0.717) is 5.56 Å². The lowest BCUT2D eigenvalue weighted by molar-refractivity contribution is -0.383. The molecule has 1 rings (SSSR count). The first-order valence-corrected chi connectivity index (χ1v) is 4.26. The number of nitro groups is 1. The van der Waals surface area contributed by atoms with Crippen LogP contribution in [0.1, 0.15) is 15.9 Å². The van der Waals surface area contributed by atoms with Gasteiger partial charge in [-0.3, -0.25) is 25.0 Å². The highest BCUT2D eigenvalue weighted by Crippen LogP contribution is 2.25. The van der Waals surface area contributed by atoms with Crippen molar-refractivity contribution < 1.29 is 14.5 Å². The van der Waals surface area contributed by atoms with E-state index >= 15 is 0 Å². The summed E-state index contributed by atoms with van der Waals surface area (Å²) in [5.41, 5.74) is 5.54. The number of nitrogens with one attached hydrogen (secondary N) is 1. The van der Waals surface area contributed by atoms with E-state index in [-0.39, 0.29) is 23.3 Å². The number of nitrogens with two attached hydrogens (primary N) is 1. The quantitative estimate of drug-likeness (QED) is 0.332. The summed E-state index contributed by atoms with van der Waals surface area (Å²) in [6.45, 7) is 1.52. The Hall–Kier alpha value is -2.44. The van der Waals surface area contributed by atoms with Gasteiger partial charge in [0.1, 0.15) is 5.69 Å². The van der Waals surface area contributed by atoms with Crippen molar-refractivity contribution >= 4 is 23.7 Å². The molecule has 3 N–H and O–H groups in total. The van der Waals surface area contributed by atoms with Crippen LogP contribution in [-0.4, -0.2) is 17.2 Å². The van der Waals surface area contributed by atoms with Gasteiger partial charge in [0, 0.05) is 11.6 Å². The second kappa shape index (κ2) is 4.39. The fourth-order valence-corrected chi connectivity index (χ4v) is 1.24. The van der Waals surface area contributed by atoms with E-state index in [0.717, 1.165) is 0 Å². The first-order valence-electron chi connectivity index (χ1n) is 4.26. The van der Waals surface area contributed by atoms with Gasteiger partial charge in [0.05, 0.1) is 4.92 Å². The summed E-state index contributed by atoms with van der Waals surface area (Å²) in [5, 5.41) is 12.5. The number of nitrogen functional groups attached to an aromatic ring is 1. The molecule has 0 radical (unpaired) electrons. The fraction of sp³-hybridized carbons (Fsp3) is 0.111. The molecule has 0 bridgehead atoms. The van der Waals surface area contributed by atoms with Gasteiger partial charge in [-0.2, -0.15) is 0 Å². The zero-order chi connectivity index (χ0) is 12.3. The van der Waals surface area contributed by atoms with E-state index in [2.05, 4.69) is 0 Å². The van der Waals surface area contributed by atoms with Crippen molar-refractivity contribution in [3.63, 3.8) is 0 Å². The molecule has 7 nitrogen and oxygen atoms in total. The van der Waals surface area contributed by atoms with Crippen LogP contribution in [0.3, 0.4) is 0 Å². The molecule has 0 saturated heterocycles. The van der Waals surface area contributed by atoms with Crippen molar-refractivity contribution in [3.05, 3.63) is 33.4 Å². The molecule has 0 aliphatic carbocycles. The largest absolute Gasteiger partial charge is 0.393 e. The number of carbonyl (C=O) groups excluding carboxylic acids is 2. The van der Waals surface area contributed by atoms with E-state index in [1.165, 1.54) is 19.1 Å². The average molecular weight is 223 g/mol. The smallest absolute Gasteiger partial charge is 0.292 e. The zero-order valence-corrected chi connectivity index (χ0v) is 8.39. The normalized spacial score (nSPS) is 9.56. The summed E-state index contributed by atoms with van der Waals surface area (Å²) in [5.74, 6) is -0.644. The van der Waals surface area contributed by atoms with Gasteiger partial charge in [-0.25, -0.2) is 0 Å². The van der Waals surface area contributed by atoms with Crippen LogP contribution >= 0.6 is 0 Å². The van der Waals surface area contributed by atoms with Gasteiger partial charge in [0.2, 0.25) is 6.41 Å². The molecule has 0 fully saturated rings. The van der Waals surface area contributed by atoms with Gasteiger partial charge in [0.25, 0.3) is 11.6 Å². The number of nitrogens with zero attached hydrogens (tertiary/aromatic N) is 1. The Morgan fingerprint density at radius 2 is 2.19 bits per heavy atom. The number of hydrogen-bond acceptors (Lipinski definition) is 5. The van der Waals surface area contributed by atoms with Crippen LogP contribution in [0.4, 0.5) is 11.4 Å². The summed E-state index contributed by atoms with van der Waals surface area (Å²) in [7, 11) is 0. The Labute approximate surface area is 90.4 Å². The van der Waals surface area contributed by atoms with Crippen LogP contribution in [0.25, 0.3) is 0 Å². The standard InChI is InChI=1S/C9H9N3O4/c1-5-2-8(12(15)16)7(10)3-6(5)9(14)11-4-13/h2-4H,10H2,1H3,(H,11,13,14). The van der Waals surface area contributed by atoms with Crippen molar-refractivity contribution in [2.24, 2.45) is 0 Å². The molecule has 16 heavy (non-hydrogen) atoms. The van der Waals surface area contributed by atoms with E-state index in [9.17, 15) is 19.7 Å². The number of aryl methyl sites for hydroxylation is 1. The van der Waals surface area contributed by atoms with E-state index < -0.39 is 10.8 Å². The lowest BCUT2D eigenvalue weighted by Gasteiger charge is -2.05. The van der Waals surface area contributed by atoms with E-state index in [1.807, 2.05) is 5.32 Å². The van der Waals surface area contributed by atoms with Crippen molar-refractivity contribution in [3.8, 4) is 0 Å². The number of rotatable bonds is 3. The molecule has 0 aliphatic rings. The maximum atomic E-state index is 11.3. The van der Waals surface area contributed by atoms with Gasteiger partial charge >= 0.3 is 0 Å². The first-order chi connectivity index (χ1) is 7.47. The van der Waals surface area contributed by atoms with Crippen LogP contribution in [0.15, 0.2) is 12.1 Å². The van der Waals surface area contributed by atoms with Crippen molar-refractivity contribution in [2.75, 3.05) is 5.73 Å². The Morgan fingerprint density at radius 3 is 2.69 bits per heavy atom. The maximum Gasteiger partial charge on any atom is 0.292 e. The second-order valence-electron chi connectivity index (χ2n) is 3.07. The van der Waals surface area contributed by atoms with Crippen LogP contribution < -0.4 is 11.1 Å². The Balaban J connectivity index is 3.25. The lowest BCUT2D eigenvalue weighted by atomic mass is 10.1. The molecule has 7 heteroatoms. The molecule has 0 atom stereocenters. The number of nitro benzene ring substituents is 1. The summed E-state index contributed by atoms with van der Waals surface area (Å²) in [6, 6.07) is 2.36. The SMILES string of the molecule is Cc1cc([N+](=O)[O-])c(N)cc1C(=O)NC=O. The van der Waals surface area contributed by atoms with Crippen molar-refractivity contribution in [1.29, 1.82) is 0 Å². The minimum Gasteiger partial charge on any atom is -0.393 e. The zero-order valence-electron chi connectivity index (χ0n) is 8.39. The molecule has 0 spiro atoms. The number of benzene rings is 1. The highest BCUT2D eigenvalue weighted by Gasteiger charge is 2.17. The number of amides is 2. The van der Waals surface area contributed by atoms with Crippen molar-refractivity contribution in [1.82, 2.24) is 5.32 Å². The molecular weight excluding hydrogens is 214 g/mol. The molecule has 1 aromatic rings. The van der Waals surface area contributed by atoms with Gasteiger partial charge < -0.3 is 5.73 Å². The highest BCUT2D eigenvalue weighted by atomic mass is 16.6. The molecule has 0 aliphatic heterocycles. The minimum absolute atomic E-state index is 0.119. The Bertz CT molecular complexity index is 470. The second-order valence-corrected chi connectivity index (χ2v) is 3.07. The first kappa shape index (κ1) is 11.6. The van der Waals surface area contributed by atoms with Crippen LogP contribution in [0.5, 0.6) is 0 Å². The summed E-state index contributed by atoms with van der Waals surface area (Å²) >= 11 is 0. The number of imide groups is 1. The lowest BCUT2D eigenvalue weighted by Crippen LogP contribution is -2.22. The molecule has 0 aromatic heterocycles. The third-order valence-electron chi connectivity index (χ3n) is 2.01. The molecule has 0 heterocycles. The van der Waals surface area contributed by atoms with Gasteiger partial charge in [-0.15, -0.1) is 0 Å².